The van der Waals surface area contributed by atoms with Crippen molar-refractivity contribution in [1.82, 2.24) is 0 Å². The monoisotopic (exact) mass is 778 g/mol. The van der Waals surface area contributed by atoms with E-state index in [1.807, 2.05) is 11.3 Å². The molecule has 0 saturated heterocycles. The van der Waals surface area contributed by atoms with Gasteiger partial charge in [0.15, 0.2) is 0 Å². The molecular weight excluding hydrogens is 741 g/mol. The van der Waals surface area contributed by atoms with Crippen LogP contribution in [-0.4, -0.2) is 0 Å². The second-order valence-corrected chi connectivity index (χ2v) is 18.2. The highest BCUT2D eigenvalue weighted by Crippen LogP contribution is 2.53. The van der Waals surface area contributed by atoms with Crippen LogP contribution >= 0.6 is 11.3 Å². The highest BCUT2D eigenvalue weighted by Gasteiger charge is 2.36. The second-order valence-electron chi connectivity index (χ2n) is 17.1. The molecule has 0 atom stereocenters. The van der Waals surface area contributed by atoms with Gasteiger partial charge in [-0.1, -0.05) is 190 Å². The van der Waals surface area contributed by atoms with Gasteiger partial charge in [-0.05, 0) is 128 Å². The number of thiophene rings is 1. The molecule has 1 aromatic heterocycles. The maximum Gasteiger partial charge on any atom is 0.0368 e. The summed E-state index contributed by atoms with van der Waals surface area (Å²) >= 11 is 1.94. The molecule has 1 aliphatic rings. The first-order valence-corrected chi connectivity index (χ1v) is 21.8. The quantitative estimate of drug-likeness (QED) is 0.157. The summed E-state index contributed by atoms with van der Waals surface area (Å²) in [5.74, 6) is 0. The van der Waals surface area contributed by atoms with Gasteiger partial charge in [-0.3, -0.25) is 0 Å². The molecule has 280 valence electrons. The fourth-order valence-corrected chi connectivity index (χ4v) is 12.1. The van der Waals surface area contributed by atoms with E-state index in [-0.39, 0.29) is 5.41 Å². The van der Waals surface area contributed by atoms with Gasteiger partial charge >= 0.3 is 0 Å². The van der Waals surface area contributed by atoms with Crippen molar-refractivity contribution in [3.63, 3.8) is 0 Å². The van der Waals surface area contributed by atoms with Gasteiger partial charge < -0.3 is 0 Å². The van der Waals surface area contributed by atoms with E-state index in [0.717, 1.165) is 0 Å². The van der Waals surface area contributed by atoms with Gasteiger partial charge in [0.25, 0.3) is 0 Å². The number of hydrogen-bond acceptors (Lipinski definition) is 1. The second kappa shape index (κ2) is 12.5. The minimum atomic E-state index is -0.0307. The van der Waals surface area contributed by atoms with Crippen LogP contribution in [0.2, 0.25) is 0 Å². The van der Waals surface area contributed by atoms with Crippen molar-refractivity contribution >= 4 is 85.4 Å². The average molecular weight is 779 g/mol. The minimum absolute atomic E-state index is 0.0307. The summed E-state index contributed by atoms with van der Waals surface area (Å²) in [6.45, 7) is 4.76. The lowest BCUT2D eigenvalue weighted by Crippen LogP contribution is -2.14. The molecule has 0 spiro atoms. The zero-order valence-electron chi connectivity index (χ0n) is 33.4. The van der Waals surface area contributed by atoms with Crippen molar-refractivity contribution in [2.45, 2.75) is 19.3 Å². The van der Waals surface area contributed by atoms with Crippen molar-refractivity contribution in [3.8, 4) is 44.5 Å². The van der Waals surface area contributed by atoms with Crippen molar-refractivity contribution in [3.05, 3.63) is 205 Å². The average Bonchev–Trinajstić information content (AvgIpc) is 3.77. The van der Waals surface area contributed by atoms with Crippen molar-refractivity contribution in [1.29, 1.82) is 0 Å². The molecule has 11 aromatic carbocycles. The number of rotatable bonds is 3. The van der Waals surface area contributed by atoms with E-state index in [0.29, 0.717) is 0 Å². The third-order valence-corrected chi connectivity index (χ3v) is 14.8. The van der Waals surface area contributed by atoms with Gasteiger partial charge in [-0.2, -0.15) is 0 Å². The fourth-order valence-electron chi connectivity index (χ4n) is 11.0. The van der Waals surface area contributed by atoms with Gasteiger partial charge in [0.2, 0.25) is 0 Å². The predicted molar refractivity (Wildman–Crippen MR) is 261 cm³/mol. The Labute approximate surface area is 352 Å². The first kappa shape index (κ1) is 33.9. The van der Waals surface area contributed by atoms with Crippen LogP contribution < -0.4 is 0 Å². The molecule has 1 heteroatoms. The summed E-state index contributed by atoms with van der Waals surface area (Å²) < 4.78 is 2.69. The number of hydrogen-bond donors (Lipinski definition) is 0. The summed E-state index contributed by atoms with van der Waals surface area (Å²) in [6.07, 6.45) is 0. The lowest BCUT2D eigenvalue weighted by atomic mass is 9.82. The summed E-state index contributed by atoms with van der Waals surface area (Å²) in [4.78, 5) is 0. The Kier molecular flexibility index (Phi) is 7.04. The van der Waals surface area contributed by atoms with Gasteiger partial charge in [-0.25, -0.2) is 0 Å². The Morgan fingerprint density at radius 3 is 1.47 bits per heavy atom. The van der Waals surface area contributed by atoms with Crippen molar-refractivity contribution in [2.24, 2.45) is 0 Å². The number of benzene rings is 11. The molecule has 0 amide bonds. The fraction of sp³-hybridized carbons (Fsp3) is 0.0508. The lowest BCUT2D eigenvalue weighted by Gasteiger charge is -2.21. The van der Waals surface area contributed by atoms with Crippen LogP contribution in [0.25, 0.3) is 119 Å². The smallest absolute Gasteiger partial charge is 0.0368 e. The Bertz CT molecular complexity index is 3740. The first-order valence-electron chi connectivity index (χ1n) is 21.0. The maximum absolute atomic E-state index is 2.49. The zero-order chi connectivity index (χ0) is 39.7. The van der Waals surface area contributed by atoms with Crippen LogP contribution in [0.15, 0.2) is 194 Å². The largest absolute Gasteiger partial charge is 0.135 e. The molecule has 0 unspecified atom stereocenters. The van der Waals surface area contributed by atoms with E-state index in [4.69, 9.17) is 0 Å². The molecule has 12 aromatic rings. The zero-order valence-corrected chi connectivity index (χ0v) is 34.2. The van der Waals surface area contributed by atoms with E-state index >= 15 is 0 Å². The third kappa shape index (κ3) is 4.61. The Balaban J connectivity index is 1.06. The molecule has 0 nitrogen and oxygen atoms in total. The SMILES string of the molecule is CC1(C)c2ccccc2-c2cc3c(cc21)sc1cc(-c2ccc(-c4c5ccccc5c(-c5cccc6ccccc56)c5ccccc45)c4ccccc24)c2ccccc2c13. The normalized spacial score (nSPS) is 13.3. The molecule has 60 heavy (non-hydrogen) atoms. The van der Waals surface area contributed by atoms with Crippen LogP contribution in [0.1, 0.15) is 25.0 Å². The van der Waals surface area contributed by atoms with Crippen molar-refractivity contribution in [2.75, 3.05) is 0 Å². The van der Waals surface area contributed by atoms with E-state index < -0.39 is 0 Å². The molecule has 13 rings (SSSR count). The summed E-state index contributed by atoms with van der Waals surface area (Å²) in [5.41, 5.74) is 13.2. The Hall–Kier alpha value is -7.06. The van der Waals surface area contributed by atoms with Crippen LogP contribution in [0, 0.1) is 0 Å². The van der Waals surface area contributed by atoms with Crippen LogP contribution in [0.3, 0.4) is 0 Å². The van der Waals surface area contributed by atoms with Crippen LogP contribution in [0.5, 0.6) is 0 Å². The molecule has 0 radical (unpaired) electrons. The highest BCUT2D eigenvalue weighted by atomic mass is 32.1. The van der Waals surface area contributed by atoms with Gasteiger partial charge in [0.05, 0.1) is 0 Å². The van der Waals surface area contributed by atoms with Gasteiger partial charge in [0.1, 0.15) is 0 Å². The van der Waals surface area contributed by atoms with Gasteiger partial charge in [0, 0.05) is 25.6 Å². The maximum atomic E-state index is 2.49. The molecule has 0 fully saturated rings. The molecule has 1 aliphatic carbocycles. The topological polar surface area (TPSA) is 0 Å². The number of fused-ring (bicyclic) bond motifs is 12. The van der Waals surface area contributed by atoms with E-state index in [9.17, 15) is 0 Å². The summed E-state index contributed by atoms with van der Waals surface area (Å²) in [7, 11) is 0. The molecule has 1 heterocycles. The Morgan fingerprint density at radius 2 is 0.783 bits per heavy atom. The molecule has 0 saturated carbocycles. The van der Waals surface area contributed by atoms with Crippen LogP contribution in [0.4, 0.5) is 0 Å². The standard InChI is InChI=1S/C59H38S/c1-59(2)52-29-14-13-22-41(52)50-32-51-54(34-53(50)59)60-55-33-49(39-21-7-8-23-43(39)58(51)55)40-30-31-48(38-20-6-5-19-37(38)40)57-46-26-11-9-24-44(46)56(45-25-10-12-27-47(45)57)42-28-15-17-35-16-3-4-18-36(35)42/h3-34H,1-2H3. The summed E-state index contributed by atoms with van der Waals surface area (Å²) in [5, 5.41) is 15.5. The first-order chi connectivity index (χ1) is 29.5. The minimum Gasteiger partial charge on any atom is -0.135 e. The van der Waals surface area contributed by atoms with Gasteiger partial charge in [-0.15, -0.1) is 11.3 Å². The highest BCUT2D eigenvalue weighted by molar-refractivity contribution is 7.26. The predicted octanol–water partition coefficient (Wildman–Crippen LogP) is 17.1. The Morgan fingerprint density at radius 1 is 0.300 bits per heavy atom. The molecule has 0 aliphatic heterocycles. The molecule has 0 N–H and O–H groups in total. The van der Waals surface area contributed by atoms with E-state index in [1.54, 1.807) is 0 Å². The van der Waals surface area contributed by atoms with E-state index in [2.05, 4.69) is 208 Å². The third-order valence-electron chi connectivity index (χ3n) is 13.7. The summed E-state index contributed by atoms with van der Waals surface area (Å²) in [6, 6.07) is 73.0. The molecule has 0 bridgehead atoms. The van der Waals surface area contributed by atoms with Crippen molar-refractivity contribution < 1.29 is 0 Å². The van der Waals surface area contributed by atoms with Crippen LogP contribution in [-0.2, 0) is 5.41 Å². The lowest BCUT2D eigenvalue weighted by molar-refractivity contribution is 0.661. The molecular formula is C59H38S. The van der Waals surface area contributed by atoms with E-state index in [1.165, 1.54) is 130 Å².